The summed E-state index contributed by atoms with van der Waals surface area (Å²) in [5, 5.41) is 3.88. The molecule has 0 aliphatic heterocycles. The average molecular weight is 413 g/mol. The molecule has 0 aliphatic carbocycles. The van der Waals surface area contributed by atoms with E-state index in [1.165, 1.54) is 6.92 Å². The van der Waals surface area contributed by atoms with Crippen molar-refractivity contribution in [3.05, 3.63) is 84.1 Å². The van der Waals surface area contributed by atoms with Crippen LogP contribution in [0.5, 0.6) is 23.3 Å². The third-order valence-corrected chi connectivity index (χ3v) is 4.83. The second-order valence-electron chi connectivity index (χ2n) is 7.32. The summed E-state index contributed by atoms with van der Waals surface area (Å²) in [4.78, 5) is 20.1. The molecule has 2 aromatic carbocycles. The number of benzene rings is 2. The molecule has 2 heterocycles. The number of nitrogens with one attached hydrogen (secondary N) is 1. The topological polar surface area (TPSA) is 73.3 Å². The minimum atomic E-state index is -0.0627. The first-order chi connectivity index (χ1) is 15.0. The Bertz CT molecular complexity index is 1230. The number of fused-ring (bicyclic) bond motifs is 1. The van der Waals surface area contributed by atoms with Gasteiger partial charge in [-0.25, -0.2) is 9.97 Å². The zero-order valence-corrected chi connectivity index (χ0v) is 17.6. The van der Waals surface area contributed by atoms with Gasteiger partial charge in [-0.05, 0) is 67.4 Å². The Labute approximate surface area is 180 Å². The van der Waals surface area contributed by atoms with Crippen molar-refractivity contribution >= 4 is 16.8 Å². The van der Waals surface area contributed by atoms with Crippen LogP contribution in [0.4, 0.5) is 0 Å². The third kappa shape index (κ3) is 4.98. The summed E-state index contributed by atoms with van der Waals surface area (Å²) < 4.78 is 11.8. The van der Waals surface area contributed by atoms with Crippen LogP contribution >= 0.6 is 0 Å². The smallest absolute Gasteiger partial charge is 0.219 e. The summed E-state index contributed by atoms with van der Waals surface area (Å²) in [6, 6.07) is 20.8. The van der Waals surface area contributed by atoms with Crippen molar-refractivity contribution in [2.24, 2.45) is 0 Å². The van der Waals surface area contributed by atoms with Crippen molar-refractivity contribution in [1.29, 1.82) is 0 Å². The first kappa shape index (κ1) is 20.3. The Balaban J connectivity index is 1.51. The van der Waals surface area contributed by atoms with Crippen LogP contribution in [-0.4, -0.2) is 15.9 Å². The molecule has 31 heavy (non-hydrogen) atoms. The fourth-order valence-corrected chi connectivity index (χ4v) is 3.28. The standard InChI is InChI=1S/C25H23N3O3/c1-16-14-21(30-24-6-4-5-13-26-24)9-11-23(16)31-25-12-8-20-15-19(7-10-22(20)28-25)17(2)27-18(3)29/h4-15,17H,1-3H3,(H,27,29). The largest absolute Gasteiger partial charge is 0.439 e. The summed E-state index contributed by atoms with van der Waals surface area (Å²) in [7, 11) is 0. The molecule has 0 saturated carbocycles. The quantitative estimate of drug-likeness (QED) is 0.438. The molecule has 0 bridgehead atoms. The molecular formula is C25H23N3O3. The highest BCUT2D eigenvalue weighted by Gasteiger charge is 2.10. The van der Waals surface area contributed by atoms with E-state index >= 15 is 0 Å². The van der Waals surface area contributed by atoms with Gasteiger partial charge in [-0.15, -0.1) is 0 Å². The van der Waals surface area contributed by atoms with E-state index in [9.17, 15) is 4.79 Å². The molecule has 2 aromatic heterocycles. The van der Waals surface area contributed by atoms with E-state index in [-0.39, 0.29) is 11.9 Å². The number of aryl methyl sites for hydroxylation is 1. The van der Waals surface area contributed by atoms with Gasteiger partial charge in [-0.1, -0.05) is 12.1 Å². The number of hydrogen-bond donors (Lipinski definition) is 1. The molecule has 6 nitrogen and oxygen atoms in total. The number of nitrogens with zero attached hydrogens (tertiary/aromatic N) is 2. The van der Waals surface area contributed by atoms with E-state index in [1.54, 1.807) is 12.3 Å². The number of rotatable bonds is 6. The average Bonchev–Trinajstić information content (AvgIpc) is 2.75. The van der Waals surface area contributed by atoms with Crippen molar-refractivity contribution in [3.8, 4) is 23.3 Å². The summed E-state index contributed by atoms with van der Waals surface area (Å²) in [6.45, 7) is 5.43. The normalized spacial score (nSPS) is 11.7. The van der Waals surface area contributed by atoms with E-state index in [2.05, 4.69) is 15.3 Å². The van der Waals surface area contributed by atoms with E-state index in [0.717, 1.165) is 22.0 Å². The van der Waals surface area contributed by atoms with Gasteiger partial charge in [0.15, 0.2) is 0 Å². The highest BCUT2D eigenvalue weighted by molar-refractivity contribution is 5.80. The van der Waals surface area contributed by atoms with Gasteiger partial charge in [0.05, 0.1) is 11.6 Å². The van der Waals surface area contributed by atoms with Crippen molar-refractivity contribution in [2.45, 2.75) is 26.8 Å². The minimum absolute atomic E-state index is 0.0544. The van der Waals surface area contributed by atoms with Crippen LogP contribution in [0.3, 0.4) is 0 Å². The summed E-state index contributed by atoms with van der Waals surface area (Å²) in [6.07, 6.45) is 1.69. The SMILES string of the molecule is CC(=O)NC(C)c1ccc2nc(Oc3ccc(Oc4ccccn4)cc3C)ccc2c1. The van der Waals surface area contributed by atoms with E-state index in [4.69, 9.17) is 9.47 Å². The van der Waals surface area contributed by atoms with E-state index < -0.39 is 0 Å². The number of aromatic nitrogens is 2. The van der Waals surface area contributed by atoms with Crippen LogP contribution in [0.15, 0.2) is 72.9 Å². The summed E-state index contributed by atoms with van der Waals surface area (Å²) in [5.41, 5.74) is 2.77. The lowest BCUT2D eigenvalue weighted by atomic mass is 10.1. The molecule has 0 fully saturated rings. The molecule has 1 N–H and O–H groups in total. The maximum Gasteiger partial charge on any atom is 0.219 e. The molecule has 1 unspecified atom stereocenters. The Morgan fingerprint density at radius 2 is 1.84 bits per heavy atom. The van der Waals surface area contributed by atoms with E-state index in [0.29, 0.717) is 23.3 Å². The maximum atomic E-state index is 11.3. The molecule has 4 aromatic rings. The van der Waals surface area contributed by atoms with Gasteiger partial charge in [0, 0.05) is 30.6 Å². The monoisotopic (exact) mass is 413 g/mol. The molecule has 1 amide bonds. The Morgan fingerprint density at radius 1 is 0.968 bits per heavy atom. The van der Waals surface area contributed by atoms with Crippen LogP contribution in [0.25, 0.3) is 10.9 Å². The van der Waals surface area contributed by atoms with Crippen LogP contribution < -0.4 is 14.8 Å². The van der Waals surface area contributed by atoms with Crippen molar-refractivity contribution < 1.29 is 14.3 Å². The lowest BCUT2D eigenvalue weighted by molar-refractivity contribution is -0.119. The van der Waals surface area contributed by atoms with Gasteiger partial charge in [-0.2, -0.15) is 0 Å². The number of carbonyl (C=O) groups is 1. The van der Waals surface area contributed by atoms with Gasteiger partial charge in [-0.3, -0.25) is 4.79 Å². The fraction of sp³-hybridized carbons (Fsp3) is 0.160. The van der Waals surface area contributed by atoms with Crippen molar-refractivity contribution in [1.82, 2.24) is 15.3 Å². The molecule has 0 saturated heterocycles. The van der Waals surface area contributed by atoms with Gasteiger partial charge in [0.2, 0.25) is 17.7 Å². The molecule has 0 spiro atoms. The highest BCUT2D eigenvalue weighted by Crippen LogP contribution is 2.30. The molecule has 4 rings (SSSR count). The van der Waals surface area contributed by atoms with Crippen LogP contribution in [-0.2, 0) is 4.79 Å². The van der Waals surface area contributed by atoms with E-state index in [1.807, 2.05) is 74.5 Å². The van der Waals surface area contributed by atoms with Crippen LogP contribution in [0, 0.1) is 6.92 Å². The number of ether oxygens (including phenoxy) is 2. The summed E-state index contributed by atoms with van der Waals surface area (Å²) >= 11 is 0. The molecule has 0 radical (unpaired) electrons. The third-order valence-electron chi connectivity index (χ3n) is 4.83. The molecule has 1 atom stereocenters. The molecule has 0 aliphatic rings. The second-order valence-corrected chi connectivity index (χ2v) is 7.32. The zero-order chi connectivity index (χ0) is 21.8. The molecular weight excluding hydrogens is 390 g/mol. The molecule has 156 valence electrons. The highest BCUT2D eigenvalue weighted by atomic mass is 16.5. The van der Waals surface area contributed by atoms with Crippen LogP contribution in [0.2, 0.25) is 0 Å². The van der Waals surface area contributed by atoms with Crippen molar-refractivity contribution in [2.75, 3.05) is 0 Å². The fourth-order valence-electron chi connectivity index (χ4n) is 3.28. The van der Waals surface area contributed by atoms with Crippen LogP contribution in [0.1, 0.15) is 31.0 Å². The Hall–Kier alpha value is -3.93. The Morgan fingerprint density at radius 3 is 2.58 bits per heavy atom. The molecule has 6 heteroatoms. The minimum Gasteiger partial charge on any atom is -0.439 e. The van der Waals surface area contributed by atoms with Gasteiger partial charge in [0.1, 0.15) is 11.5 Å². The van der Waals surface area contributed by atoms with Gasteiger partial charge < -0.3 is 14.8 Å². The first-order valence-electron chi connectivity index (χ1n) is 10.0. The summed E-state index contributed by atoms with van der Waals surface area (Å²) in [5.74, 6) is 2.39. The lowest BCUT2D eigenvalue weighted by Gasteiger charge is -2.14. The predicted octanol–water partition coefficient (Wildman–Crippen LogP) is 5.72. The van der Waals surface area contributed by atoms with Crippen molar-refractivity contribution in [3.63, 3.8) is 0 Å². The zero-order valence-electron chi connectivity index (χ0n) is 17.6. The maximum absolute atomic E-state index is 11.3. The number of amides is 1. The van der Waals surface area contributed by atoms with Gasteiger partial charge in [0.25, 0.3) is 0 Å². The number of pyridine rings is 2. The predicted molar refractivity (Wildman–Crippen MR) is 120 cm³/mol. The Kier molecular flexibility index (Phi) is 5.80. The first-order valence-corrected chi connectivity index (χ1v) is 10.0. The van der Waals surface area contributed by atoms with Gasteiger partial charge >= 0.3 is 0 Å². The second kappa shape index (κ2) is 8.83. The number of hydrogen-bond acceptors (Lipinski definition) is 5. The number of carbonyl (C=O) groups excluding carboxylic acids is 1. The lowest BCUT2D eigenvalue weighted by Crippen LogP contribution is -2.23.